The van der Waals surface area contributed by atoms with E-state index in [1.54, 1.807) is 6.07 Å². The molecule has 6 nitrogen and oxygen atoms in total. The minimum atomic E-state index is -0.235. The van der Waals surface area contributed by atoms with Gasteiger partial charge in [-0.05, 0) is 19.2 Å². The molecule has 5 N–H and O–H groups in total. The number of nitrogen functional groups attached to an aromatic ring is 1. The fraction of sp³-hybridized carbons (Fsp3) is 0.533. The number of nitrogens with one attached hydrogen (secondary N) is 1. The molecular formula is C15H25ClN4O2. The first-order chi connectivity index (χ1) is 10.5. The first kappa shape index (κ1) is 18.5. The molecule has 0 saturated heterocycles. The van der Waals surface area contributed by atoms with Crippen LogP contribution in [0, 0.1) is 0 Å². The molecule has 124 valence electrons. The van der Waals surface area contributed by atoms with Crippen LogP contribution in [0.3, 0.4) is 0 Å². The summed E-state index contributed by atoms with van der Waals surface area (Å²) >= 11 is 6.00. The van der Waals surface area contributed by atoms with Gasteiger partial charge in [-0.15, -0.1) is 0 Å². The second kappa shape index (κ2) is 9.50. The highest BCUT2D eigenvalue weighted by Gasteiger charge is 2.15. The minimum Gasteiger partial charge on any atom is -0.491 e. The van der Waals surface area contributed by atoms with E-state index in [4.69, 9.17) is 27.8 Å². The summed E-state index contributed by atoms with van der Waals surface area (Å²) in [5.41, 5.74) is 11.9. The highest BCUT2D eigenvalue weighted by molar-refractivity contribution is 6.33. The first-order valence-corrected chi connectivity index (χ1v) is 7.83. The van der Waals surface area contributed by atoms with Crippen molar-refractivity contribution in [3.63, 3.8) is 0 Å². The Bertz CT molecular complexity index is 493. The van der Waals surface area contributed by atoms with Crippen molar-refractivity contribution in [1.29, 1.82) is 0 Å². The Morgan fingerprint density at radius 3 is 2.64 bits per heavy atom. The molecule has 0 aliphatic rings. The summed E-state index contributed by atoms with van der Waals surface area (Å²) in [5.74, 6) is 0.161. The number of carbonyl (C=O) groups excluding carboxylic acids is 1. The number of rotatable bonds is 9. The molecule has 0 atom stereocenters. The van der Waals surface area contributed by atoms with E-state index in [0.29, 0.717) is 41.7 Å². The molecule has 0 fully saturated rings. The Morgan fingerprint density at radius 2 is 2.05 bits per heavy atom. The summed E-state index contributed by atoms with van der Waals surface area (Å²) in [4.78, 5) is 14.5. The number of amides is 1. The van der Waals surface area contributed by atoms with E-state index in [-0.39, 0.29) is 5.91 Å². The van der Waals surface area contributed by atoms with E-state index in [1.807, 2.05) is 0 Å². The predicted molar refractivity (Wildman–Crippen MR) is 90.5 cm³/mol. The van der Waals surface area contributed by atoms with Gasteiger partial charge in [0, 0.05) is 25.7 Å². The maximum absolute atomic E-state index is 12.3. The van der Waals surface area contributed by atoms with Crippen LogP contribution in [0.25, 0.3) is 0 Å². The van der Waals surface area contributed by atoms with Crippen LogP contribution in [-0.4, -0.2) is 50.1 Å². The van der Waals surface area contributed by atoms with Gasteiger partial charge in [0.1, 0.15) is 12.4 Å². The number of nitrogens with zero attached hydrogens (tertiary/aromatic N) is 1. The maximum atomic E-state index is 12.3. The average Bonchev–Trinajstić information content (AvgIpc) is 2.52. The van der Waals surface area contributed by atoms with Crippen molar-refractivity contribution in [2.75, 3.05) is 45.1 Å². The predicted octanol–water partition coefficient (Wildman–Crippen LogP) is 1.33. The van der Waals surface area contributed by atoms with Gasteiger partial charge >= 0.3 is 0 Å². The number of ether oxygens (including phenoxy) is 1. The first-order valence-electron chi connectivity index (χ1n) is 7.45. The lowest BCUT2D eigenvalue weighted by atomic mass is 10.1. The van der Waals surface area contributed by atoms with E-state index in [1.165, 1.54) is 6.07 Å². The Balaban J connectivity index is 2.76. The van der Waals surface area contributed by atoms with E-state index in [2.05, 4.69) is 24.1 Å². The Labute approximate surface area is 136 Å². The normalized spacial score (nSPS) is 10.8. The highest BCUT2D eigenvalue weighted by atomic mass is 35.5. The molecule has 0 heterocycles. The number of benzene rings is 1. The van der Waals surface area contributed by atoms with Crippen molar-refractivity contribution in [3.05, 3.63) is 22.7 Å². The molecule has 0 aromatic heterocycles. The summed E-state index contributed by atoms with van der Waals surface area (Å²) < 4.78 is 5.48. The van der Waals surface area contributed by atoms with Gasteiger partial charge in [0.05, 0.1) is 16.3 Å². The third kappa shape index (κ3) is 5.36. The van der Waals surface area contributed by atoms with Gasteiger partial charge in [-0.3, -0.25) is 4.79 Å². The summed E-state index contributed by atoms with van der Waals surface area (Å²) in [5, 5.41) is 3.20. The molecule has 0 radical (unpaired) electrons. The van der Waals surface area contributed by atoms with Crippen molar-refractivity contribution in [2.45, 2.75) is 13.8 Å². The third-order valence-corrected chi connectivity index (χ3v) is 3.65. The number of carbonyl (C=O) groups is 1. The van der Waals surface area contributed by atoms with Crippen LogP contribution < -0.4 is 21.5 Å². The van der Waals surface area contributed by atoms with Crippen molar-refractivity contribution in [1.82, 2.24) is 10.2 Å². The molecule has 1 aromatic rings. The fourth-order valence-electron chi connectivity index (χ4n) is 2.00. The highest BCUT2D eigenvalue weighted by Crippen LogP contribution is 2.29. The van der Waals surface area contributed by atoms with Gasteiger partial charge < -0.3 is 26.4 Å². The summed E-state index contributed by atoms with van der Waals surface area (Å²) in [6, 6.07) is 3.08. The van der Waals surface area contributed by atoms with Gasteiger partial charge in [-0.2, -0.15) is 0 Å². The molecule has 1 amide bonds. The SMILES string of the molecule is CCN(CC)CCNC(=O)c1cc(Cl)c(N)cc1OCCN. The smallest absolute Gasteiger partial charge is 0.255 e. The van der Waals surface area contributed by atoms with Crippen LogP contribution in [-0.2, 0) is 0 Å². The molecule has 0 spiro atoms. The molecule has 0 aliphatic carbocycles. The Hall–Kier alpha value is -1.50. The Kier molecular flexibility index (Phi) is 8.01. The van der Waals surface area contributed by atoms with Crippen LogP contribution in [0.15, 0.2) is 12.1 Å². The lowest BCUT2D eigenvalue weighted by Crippen LogP contribution is -2.35. The van der Waals surface area contributed by atoms with Crippen molar-refractivity contribution < 1.29 is 9.53 Å². The molecule has 0 saturated carbocycles. The number of hydrogen-bond acceptors (Lipinski definition) is 5. The lowest BCUT2D eigenvalue weighted by Gasteiger charge is -2.18. The van der Waals surface area contributed by atoms with Gasteiger partial charge in [-0.25, -0.2) is 0 Å². The molecular weight excluding hydrogens is 304 g/mol. The monoisotopic (exact) mass is 328 g/mol. The van der Waals surface area contributed by atoms with Crippen LogP contribution in [0.5, 0.6) is 5.75 Å². The number of hydrogen-bond donors (Lipinski definition) is 3. The zero-order valence-electron chi connectivity index (χ0n) is 13.2. The summed E-state index contributed by atoms with van der Waals surface area (Å²) in [7, 11) is 0. The van der Waals surface area contributed by atoms with Gasteiger partial charge in [0.25, 0.3) is 5.91 Å². The van der Waals surface area contributed by atoms with E-state index < -0.39 is 0 Å². The van der Waals surface area contributed by atoms with Crippen molar-refractivity contribution >= 4 is 23.2 Å². The number of likely N-dealkylation sites (N-methyl/N-ethyl adjacent to an activating group) is 1. The van der Waals surface area contributed by atoms with Crippen LogP contribution in [0.4, 0.5) is 5.69 Å². The number of halogens is 1. The van der Waals surface area contributed by atoms with E-state index in [0.717, 1.165) is 19.6 Å². The van der Waals surface area contributed by atoms with Gasteiger partial charge in [0.15, 0.2) is 0 Å². The second-order valence-electron chi connectivity index (χ2n) is 4.79. The second-order valence-corrected chi connectivity index (χ2v) is 5.20. The van der Waals surface area contributed by atoms with Crippen molar-refractivity contribution in [2.24, 2.45) is 5.73 Å². The molecule has 7 heteroatoms. The topological polar surface area (TPSA) is 93.6 Å². The minimum absolute atomic E-state index is 0.235. The molecule has 0 bridgehead atoms. The summed E-state index contributed by atoms with van der Waals surface area (Å²) in [6.07, 6.45) is 0. The molecule has 0 unspecified atom stereocenters. The molecule has 22 heavy (non-hydrogen) atoms. The van der Waals surface area contributed by atoms with Crippen LogP contribution in [0.2, 0.25) is 5.02 Å². The van der Waals surface area contributed by atoms with Crippen LogP contribution in [0.1, 0.15) is 24.2 Å². The Morgan fingerprint density at radius 1 is 1.36 bits per heavy atom. The molecule has 1 rings (SSSR count). The number of anilines is 1. The van der Waals surface area contributed by atoms with E-state index in [9.17, 15) is 4.79 Å². The van der Waals surface area contributed by atoms with Gasteiger partial charge in [-0.1, -0.05) is 25.4 Å². The standard InChI is InChI=1S/C15H25ClN4O2/c1-3-20(4-2)7-6-19-15(21)11-9-12(16)13(18)10-14(11)22-8-5-17/h9-10H,3-8,17-18H2,1-2H3,(H,19,21). The molecule has 0 aliphatic heterocycles. The van der Waals surface area contributed by atoms with Crippen LogP contribution >= 0.6 is 11.6 Å². The van der Waals surface area contributed by atoms with Gasteiger partial charge in [0.2, 0.25) is 0 Å². The zero-order valence-corrected chi connectivity index (χ0v) is 13.9. The van der Waals surface area contributed by atoms with Crippen molar-refractivity contribution in [3.8, 4) is 5.75 Å². The zero-order chi connectivity index (χ0) is 16.5. The quantitative estimate of drug-likeness (QED) is 0.595. The average molecular weight is 329 g/mol. The molecule has 1 aromatic carbocycles. The third-order valence-electron chi connectivity index (χ3n) is 3.33. The number of nitrogens with two attached hydrogens (primary N) is 2. The lowest BCUT2D eigenvalue weighted by molar-refractivity contribution is 0.0945. The van der Waals surface area contributed by atoms with E-state index >= 15 is 0 Å². The fourth-order valence-corrected chi connectivity index (χ4v) is 2.16. The maximum Gasteiger partial charge on any atom is 0.255 e. The summed E-state index contributed by atoms with van der Waals surface area (Å²) in [6.45, 7) is 8.08. The largest absolute Gasteiger partial charge is 0.491 e.